The van der Waals surface area contributed by atoms with Crippen molar-refractivity contribution in [3.63, 3.8) is 0 Å². The molecule has 1 fully saturated rings. The van der Waals surface area contributed by atoms with Gasteiger partial charge in [-0.15, -0.1) is 0 Å². The van der Waals surface area contributed by atoms with Gasteiger partial charge in [0.05, 0.1) is 18.8 Å². The second kappa shape index (κ2) is 17.7. The minimum Gasteiger partial charge on any atom is -0.481 e. The number of aliphatic hydroxyl groups excluding tert-OH is 1. The maximum atomic E-state index is 12.2. The highest BCUT2D eigenvalue weighted by Gasteiger charge is 2.32. The first-order valence-corrected chi connectivity index (χ1v) is 16.6. The lowest BCUT2D eigenvalue weighted by Crippen LogP contribution is -2.38. The summed E-state index contributed by atoms with van der Waals surface area (Å²) in [6.07, 6.45) is 4.10. The van der Waals surface area contributed by atoms with Gasteiger partial charge in [-0.05, 0) is 65.9 Å². The summed E-state index contributed by atoms with van der Waals surface area (Å²) in [5, 5.41) is 21.2. The Balaban J connectivity index is 1.23. The summed E-state index contributed by atoms with van der Waals surface area (Å²) < 4.78 is 13.1. The number of aliphatic carboxylic acids is 1. The predicted octanol–water partition coefficient (Wildman–Crippen LogP) is 6.22. The summed E-state index contributed by atoms with van der Waals surface area (Å²) in [6.45, 7) is 2.03. The first-order chi connectivity index (χ1) is 23.4. The van der Waals surface area contributed by atoms with Gasteiger partial charge in [0, 0.05) is 62.8 Å². The van der Waals surface area contributed by atoms with E-state index in [2.05, 4.69) is 40.4 Å². The van der Waals surface area contributed by atoms with E-state index in [1.165, 1.54) is 0 Å². The highest BCUT2D eigenvalue weighted by atomic mass is 16.7. The zero-order chi connectivity index (χ0) is 33.7. The number of unbranched alkanes of at least 4 members (excludes halogenated alkanes) is 1. The van der Waals surface area contributed by atoms with Gasteiger partial charge in [0.2, 0.25) is 5.91 Å². The molecule has 1 saturated heterocycles. The standard InChI is InChI=1S/C39H45N3O6/c1-42(22-20-34-9-4-5-21-40-34)26-35-24-36(31-14-12-28(27-43)13-15-31)48-39(47-35)32-18-16-30(17-19-32)33-8-6-7-29(23-33)25-41-37(44)10-2-3-11-38(45)46/h4-9,12-19,21,23,35-36,39,43H,2-3,10-11,20,22,24-27H2,1H3,(H,41,44)(H,45,46)/t35-,36+,39+/m0/s1. The van der Waals surface area contributed by atoms with Crippen molar-refractivity contribution in [2.24, 2.45) is 0 Å². The Morgan fingerprint density at radius 1 is 0.875 bits per heavy atom. The average Bonchev–Trinajstić information content (AvgIpc) is 3.12. The number of rotatable bonds is 16. The monoisotopic (exact) mass is 651 g/mol. The lowest BCUT2D eigenvalue weighted by Gasteiger charge is -2.38. The molecule has 0 radical (unpaired) electrons. The predicted molar refractivity (Wildman–Crippen MR) is 184 cm³/mol. The van der Waals surface area contributed by atoms with E-state index in [1.807, 2.05) is 79.0 Å². The first kappa shape index (κ1) is 34.9. The van der Waals surface area contributed by atoms with Gasteiger partial charge < -0.3 is 29.9 Å². The van der Waals surface area contributed by atoms with Crippen molar-refractivity contribution < 1.29 is 29.3 Å². The average molecular weight is 652 g/mol. The van der Waals surface area contributed by atoms with E-state index in [0.717, 1.165) is 58.6 Å². The molecule has 1 aromatic heterocycles. The van der Waals surface area contributed by atoms with E-state index >= 15 is 0 Å². The van der Waals surface area contributed by atoms with E-state index in [9.17, 15) is 14.7 Å². The fourth-order valence-electron chi connectivity index (χ4n) is 5.87. The number of aromatic nitrogens is 1. The van der Waals surface area contributed by atoms with Crippen LogP contribution in [0.2, 0.25) is 0 Å². The minimum atomic E-state index is -0.839. The molecule has 0 spiro atoms. The van der Waals surface area contributed by atoms with Gasteiger partial charge in [-0.2, -0.15) is 0 Å². The number of likely N-dealkylation sites (N-methyl/N-ethyl adjacent to an activating group) is 1. The Morgan fingerprint density at radius 2 is 1.65 bits per heavy atom. The van der Waals surface area contributed by atoms with Crippen LogP contribution in [-0.4, -0.2) is 58.2 Å². The number of nitrogens with zero attached hydrogens (tertiary/aromatic N) is 2. The molecule has 5 rings (SSSR count). The second-order valence-electron chi connectivity index (χ2n) is 12.4. The number of ether oxygens (including phenoxy) is 2. The quantitative estimate of drug-likeness (QED) is 0.122. The summed E-state index contributed by atoms with van der Waals surface area (Å²) in [5.41, 5.74) is 6.98. The molecular weight excluding hydrogens is 606 g/mol. The van der Waals surface area contributed by atoms with Crippen molar-refractivity contribution in [2.45, 2.75) is 70.2 Å². The van der Waals surface area contributed by atoms with Crippen molar-refractivity contribution in [3.8, 4) is 11.1 Å². The smallest absolute Gasteiger partial charge is 0.303 e. The molecule has 4 aromatic rings. The number of amides is 1. The van der Waals surface area contributed by atoms with Gasteiger partial charge in [-0.25, -0.2) is 0 Å². The van der Waals surface area contributed by atoms with Crippen molar-refractivity contribution in [3.05, 3.63) is 125 Å². The van der Waals surface area contributed by atoms with Crippen LogP contribution in [0.25, 0.3) is 11.1 Å². The van der Waals surface area contributed by atoms with Crippen LogP contribution in [0.15, 0.2) is 97.2 Å². The number of hydrogen-bond acceptors (Lipinski definition) is 7. The number of pyridine rings is 1. The first-order valence-electron chi connectivity index (χ1n) is 16.6. The Labute approximate surface area is 282 Å². The lowest BCUT2D eigenvalue weighted by molar-refractivity contribution is -0.252. The molecular formula is C39H45N3O6. The van der Waals surface area contributed by atoms with Gasteiger partial charge in [0.25, 0.3) is 0 Å². The van der Waals surface area contributed by atoms with Gasteiger partial charge >= 0.3 is 5.97 Å². The van der Waals surface area contributed by atoms with Crippen LogP contribution in [0.4, 0.5) is 0 Å². The summed E-state index contributed by atoms with van der Waals surface area (Å²) in [6, 6.07) is 30.2. The van der Waals surface area contributed by atoms with Crippen LogP contribution in [0.5, 0.6) is 0 Å². The van der Waals surface area contributed by atoms with Crippen LogP contribution in [0, 0.1) is 0 Å². The molecule has 0 saturated carbocycles. The molecule has 1 aliphatic heterocycles. The maximum absolute atomic E-state index is 12.2. The number of hydrogen-bond donors (Lipinski definition) is 3. The third-order valence-electron chi connectivity index (χ3n) is 8.58. The minimum absolute atomic E-state index is 0.00130. The molecule has 9 nitrogen and oxygen atoms in total. The van der Waals surface area contributed by atoms with Crippen LogP contribution >= 0.6 is 0 Å². The van der Waals surface area contributed by atoms with Gasteiger partial charge in [-0.3, -0.25) is 14.6 Å². The Hall–Kier alpha value is -4.41. The fraction of sp³-hybridized carbons (Fsp3) is 0.359. The summed E-state index contributed by atoms with van der Waals surface area (Å²) >= 11 is 0. The van der Waals surface area contributed by atoms with E-state index in [0.29, 0.717) is 32.2 Å². The van der Waals surface area contributed by atoms with Crippen LogP contribution in [0.1, 0.15) is 72.4 Å². The Kier molecular flexibility index (Phi) is 12.8. The number of nitrogens with one attached hydrogen (secondary N) is 1. The van der Waals surface area contributed by atoms with Crippen LogP contribution in [0.3, 0.4) is 0 Å². The molecule has 1 aliphatic rings. The number of carbonyl (C=O) groups excluding carboxylic acids is 1. The molecule has 3 N–H and O–H groups in total. The SMILES string of the molecule is CN(CCc1ccccn1)C[C@@H]1C[C@H](c2ccc(CO)cc2)O[C@H](c2ccc(-c3cccc(CNC(=O)CCCCC(=O)O)c3)cc2)O1. The van der Waals surface area contributed by atoms with Gasteiger partial charge in [-0.1, -0.05) is 72.8 Å². The zero-order valence-corrected chi connectivity index (χ0v) is 27.5. The summed E-state index contributed by atoms with van der Waals surface area (Å²) in [4.78, 5) is 29.6. The molecule has 2 heterocycles. The molecule has 3 aromatic carbocycles. The van der Waals surface area contributed by atoms with E-state index < -0.39 is 12.3 Å². The summed E-state index contributed by atoms with van der Waals surface area (Å²) in [7, 11) is 2.11. The molecule has 9 heteroatoms. The maximum Gasteiger partial charge on any atom is 0.303 e. The van der Waals surface area contributed by atoms with Crippen LogP contribution in [-0.2, 0) is 38.6 Å². The molecule has 0 aliphatic carbocycles. The molecule has 48 heavy (non-hydrogen) atoms. The third-order valence-corrected chi connectivity index (χ3v) is 8.58. The van der Waals surface area contributed by atoms with E-state index in [1.54, 1.807) is 0 Å². The van der Waals surface area contributed by atoms with Gasteiger partial charge in [0.15, 0.2) is 6.29 Å². The topological polar surface area (TPSA) is 121 Å². The van der Waals surface area contributed by atoms with Crippen molar-refractivity contribution in [2.75, 3.05) is 20.1 Å². The highest BCUT2D eigenvalue weighted by Crippen LogP contribution is 2.38. The second-order valence-corrected chi connectivity index (χ2v) is 12.4. The number of carboxylic acids is 1. The number of benzene rings is 3. The molecule has 252 valence electrons. The summed E-state index contributed by atoms with van der Waals surface area (Å²) in [5.74, 6) is -0.920. The van der Waals surface area contributed by atoms with Crippen molar-refractivity contribution >= 4 is 11.9 Å². The lowest BCUT2D eigenvalue weighted by atomic mass is 9.99. The molecule has 0 unspecified atom stereocenters. The van der Waals surface area contributed by atoms with Gasteiger partial charge in [0.1, 0.15) is 0 Å². The number of carboxylic acid groups (broad SMARTS) is 1. The van der Waals surface area contributed by atoms with E-state index in [4.69, 9.17) is 14.6 Å². The number of aliphatic hydroxyl groups is 1. The highest BCUT2D eigenvalue weighted by molar-refractivity contribution is 5.76. The fourth-order valence-corrected chi connectivity index (χ4v) is 5.87. The Bertz CT molecular complexity index is 1600. The largest absolute Gasteiger partial charge is 0.481 e. The normalized spacial score (nSPS) is 17.7. The Morgan fingerprint density at radius 3 is 2.38 bits per heavy atom. The van der Waals surface area contributed by atoms with Crippen molar-refractivity contribution in [1.82, 2.24) is 15.2 Å². The molecule has 1 amide bonds. The van der Waals surface area contributed by atoms with Crippen molar-refractivity contribution in [1.29, 1.82) is 0 Å². The molecule has 0 bridgehead atoms. The molecule has 3 atom stereocenters. The number of carbonyl (C=O) groups is 2. The zero-order valence-electron chi connectivity index (χ0n) is 27.5. The third kappa shape index (κ3) is 10.6. The van der Waals surface area contributed by atoms with Crippen LogP contribution < -0.4 is 5.32 Å². The van der Waals surface area contributed by atoms with E-state index in [-0.39, 0.29) is 31.1 Å².